The number of benzene rings is 1. The number of piperidine rings is 1. The average molecular weight is 620 g/mol. The molecule has 1 aromatic rings. The molecule has 3 fully saturated rings. The number of ether oxygens (including phenoxy) is 1. The predicted molar refractivity (Wildman–Crippen MR) is 160 cm³/mol. The van der Waals surface area contributed by atoms with Crippen LogP contribution in [-0.4, -0.2) is 69.5 Å². The summed E-state index contributed by atoms with van der Waals surface area (Å²) in [6.07, 6.45) is 1.07. The Hall–Kier alpha value is -3.31. The Morgan fingerprint density at radius 3 is 2.30 bits per heavy atom. The normalized spacial score (nSPS) is 24.4. The Morgan fingerprint density at radius 2 is 1.79 bits per heavy atom. The summed E-state index contributed by atoms with van der Waals surface area (Å²) in [4.78, 5) is 65.0. The van der Waals surface area contributed by atoms with Gasteiger partial charge in [-0.3, -0.25) is 24.5 Å². The van der Waals surface area contributed by atoms with Crippen LogP contribution >= 0.6 is 9.39 Å². The molecule has 3 aliphatic rings. The van der Waals surface area contributed by atoms with Crippen LogP contribution in [0.2, 0.25) is 0 Å². The first-order valence-corrected chi connectivity index (χ1v) is 15.2. The lowest BCUT2D eigenvalue weighted by atomic mass is 9.79. The number of hydrogen-bond donors (Lipinski definition) is 4. The molecule has 0 aromatic heterocycles. The minimum Gasteiger partial charge on any atom is -0.410 e. The molecule has 4 rings (SSSR count). The van der Waals surface area contributed by atoms with E-state index >= 15 is 0 Å². The maximum atomic E-state index is 14.1. The SMILES string of the molecule is CC(C)(C)[C@H](NC(=O)Oc1ccc([N+](=O)[O-])cc1)C(=O)N1C[C@H]2[C@@H]([C@H]1C(=O)NC(CC1CCC1)C(O)C(=O)NP)C2(C)C. The van der Waals surface area contributed by atoms with E-state index in [0.717, 1.165) is 19.3 Å². The standard InChI is InChI=1S/C29H42N5O8P/c1-28(2,3)23(31-27(39)42-17-11-9-16(10-12-17)34(40)41)26(38)33-14-18-20(29(18,4)5)21(33)24(36)30-19(13-15-7-6-8-15)22(35)25(37)32-43/h9-12,15,18-23,35H,6-8,13-14,43H2,1-5H3,(H,30,36)(H,31,39)(H,32,37)/t18-,19?,20-,21-,22?,23+/m0/s1. The van der Waals surface area contributed by atoms with Gasteiger partial charge in [-0.05, 0) is 56.5 Å². The van der Waals surface area contributed by atoms with Crippen LogP contribution in [0.15, 0.2) is 24.3 Å². The van der Waals surface area contributed by atoms with Crippen LogP contribution in [0.25, 0.3) is 0 Å². The predicted octanol–water partition coefficient (Wildman–Crippen LogP) is 2.52. The van der Waals surface area contributed by atoms with Crippen molar-refractivity contribution < 1.29 is 33.9 Å². The van der Waals surface area contributed by atoms with Crippen LogP contribution in [0, 0.1) is 38.7 Å². The molecule has 13 nitrogen and oxygen atoms in total. The highest BCUT2D eigenvalue weighted by atomic mass is 31.0. The molecule has 1 aromatic carbocycles. The molecule has 3 unspecified atom stereocenters. The number of aliphatic hydroxyl groups is 1. The Bertz CT molecular complexity index is 1260. The molecule has 43 heavy (non-hydrogen) atoms. The van der Waals surface area contributed by atoms with E-state index in [1.165, 1.54) is 29.2 Å². The molecule has 0 radical (unpaired) electrons. The second-order valence-electron chi connectivity index (χ2n) is 13.6. The van der Waals surface area contributed by atoms with Crippen LogP contribution < -0.4 is 20.5 Å². The highest BCUT2D eigenvalue weighted by molar-refractivity contribution is 7.15. The lowest BCUT2D eigenvalue weighted by molar-refractivity contribution is -0.384. The van der Waals surface area contributed by atoms with E-state index in [2.05, 4.69) is 25.1 Å². The van der Waals surface area contributed by atoms with Gasteiger partial charge in [0.05, 0.1) is 11.0 Å². The molecule has 0 spiro atoms. The van der Waals surface area contributed by atoms with Gasteiger partial charge in [0.15, 0.2) is 6.10 Å². The van der Waals surface area contributed by atoms with E-state index in [-0.39, 0.29) is 28.7 Å². The summed E-state index contributed by atoms with van der Waals surface area (Å²) < 4.78 is 5.30. The number of carbonyl (C=O) groups is 4. The van der Waals surface area contributed by atoms with Crippen molar-refractivity contribution in [3.63, 3.8) is 0 Å². The lowest BCUT2D eigenvalue weighted by Gasteiger charge is -2.38. The summed E-state index contributed by atoms with van der Waals surface area (Å²) >= 11 is 0. The smallest absolute Gasteiger partial charge is 0.410 e. The molecule has 0 bridgehead atoms. The fourth-order valence-electron chi connectivity index (χ4n) is 6.41. The second-order valence-corrected chi connectivity index (χ2v) is 13.9. The Morgan fingerprint density at radius 1 is 1.16 bits per heavy atom. The van der Waals surface area contributed by atoms with E-state index in [9.17, 15) is 34.4 Å². The molecule has 1 heterocycles. The summed E-state index contributed by atoms with van der Waals surface area (Å²) in [6.45, 7) is 9.77. The van der Waals surface area contributed by atoms with Crippen LogP contribution in [0.3, 0.4) is 0 Å². The molecule has 2 aliphatic carbocycles. The van der Waals surface area contributed by atoms with Gasteiger partial charge in [-0.2, -0.15) is 0 Å². The molecule has 7 atom stereocenters. The number of nitrogens with one attached hydrogen (secondary N) is 3. The van der Waals surface area contributed by atoms with Gasteiger partial charge in [0.25, 0.3) is 11.6 Å². The van der Waals surface area contributed by atoms with Crippen molar-refractivity contribution in [1.82, 2.24) is 20.6 Å². The number of likely N-dealkylation sites (tertiary alicyclic amines) is 1. The maximum absolute atomic E-state index is 14.1. The summed E-state index contributed by atoms with van der Waals surface area (Å²) in [5.74, 6) is -1.20. The van der Waals surface area contributed by atoms with Gasteiger partial charge >= 0.3 is 6.09 Å². The number of non-ortho nitro benzene ring substituents is 1. The van der Waals surface area contributed by atoms with Crippen molar-refractivity contribution in [3.8, 4) is 5.75 Å². The number of amides is 4. The first-order valence-electron chi connectivity index (χ1n) is 14.6. The molecular weight excluding hydrogens is 577 g/mol. The monoisotopic (exact) mass is 619 g/mol. The number of nitrogens with zero attached hydrogens (tertiary/aromatic N) is 2. The largest absolute Gasteiger partial charge is 0.413 e. The van der Waals surface area contributed by atoms with Crippen molar-refractivity contribution in [2.24, 2.45) is 28.6 Å². The zero-order valence-corrected chi connectivity index (χ0v) is 26.3. The summed E-state index contributed by atoms with van der Waals surface area (Å²) in [7, 11) is 2.06. The Balaban J connectivity index is 1.52. The van der Waals surface area contributed by atoms with Gasteiger partial charge < -0.3 is 30.5 Å². The van der Waals surface area contributed by atoms with Gasteiger partial charge in [-0.25, -0.2) is 4.79 Å². The molecule has 14 heteroatoms. The van der Waals surface area contributed by atoms with Gasteiger partial charge in [0.1, 0.15) is 17.8 Å². The molecule has 4 amide bonds. The highest BCUT2D eigenvalue weighted by Gasteiger charge is 2.70. The van der Waals surface area contributed by atoms with Gasteiger partial charge in [0, 0.05) is 18.7 Å². The zero-order chi connectivity index (χ0) is 31.9. The van der Waals surface area contributed by atoms with Crippen molar-refractivity contribution >= 4 is 38.9 Å². The molecule has 4 N–H and O–H groups in total. The minimum absolute atomic E-state index is 0.0650. The fourth-order valence-corrected chi connectivity index (χ4v) is 6.58. The van der Waals surface area contributed by atoms with E-state index < -0.39 is 58.4 Å². The number of rotatable bonds is 10. The van der Waals surface area contributed by atoms with Crippen molar-refractivity contribution in [2.45, 2.75) is 84.5 Å². The summed E-state index contributed by atoms with van der Waals surface area (Å²) in [5.41, 5.74) is -1.11. The highest BCUT2D eigenvalue weighted by Crippen LogP contribution is 2.65. The molecule has 2 saturated carbocycles. The molecular formula is C29H42N5O8P. The van der Waals surface area contributed by atoms with Crippen LogP contribution in [-0.2, 0) is 14.4 Å². The Labute approximate surface area is 253 Å². The van der Waals surface area contributed by atoms with E-state index in [0.29, 0.717) is 18.9 Å². The third-order valence-electron chi connectivity index (χ3n) is 9.33. The van der Waals surface area contributed by atoms with Crippen molar-refractivity contribution in [1.29, 1.82) is 0 Å². The van der Waals surface area contributed by atoms with Gasteiger partial charge in [-0.15, -0.1) is 0 Å². The topological polar surface area (TPSA) is 180 Å². The Kier molecular flexibility index (Phi) is 9.37. The van der Waals surface area contributed by atoms with Crippen LogP contribution in [0.4, 0.5) is 10.5 Å². The molecule has 236 valence electrons. The minimum atomic E-state index is -1.45. The number of nitro benzene ring substituents is 1. The molecule has 1 saturated heterocycles. The summed E-state index contributed by atoms with van der Waals surface area (Å²) in [5, 5.41) is 29.6. The van der Waals surface area contributed by atoms with Gasteiger partial charge in [-0.1, -0.05) is 53.9 Å². The number of carbonyl (C=O) groups excluding carboxylic acids is 4. The van der Waals surface area contributed by atoms with Crippen LogP contribution in [0.5, 0.6) is 5.75 Å². The fraction of sp³-hybridized carbons (Fsp3) is 0.655. The van der Waals surface area contributed by atoms with E-state index in [1.54, 1.807) is 20.8 Å². The van der Waals surface area contributed by atoms with Gasteiger partial charge in [0.2, 0.25) is 11.8 Å². The van der Waals surface area contributed by atoms with E-state index in [1.807, 2.05) is 13.8 Å². The molecule has 1 aliphatic heterocycles. The first kappa shape index (κ1) is 32.6. The van der Waals surface area contributed by atoms with Crippen LogP contribution in [0.1, 0.15) is 60.3 Å². The van der Waals surface area contributed by atoms with Crippen molar-refractivity contribution in [3.05, 3.63) is 34.4 Å². The third-order valence-corrected chi connectivity index (χ3v) is 9.61. The second kappa shape index (κ2) is 12.4. The zero-order valence-electron chi connectivity index (χ0n) is 25.2. The third kappa shape index (κ3) is 6.93. The number of hydrogen-bond acceptors (Lipinski definition) is 8. The lowest BCUT2D eigenvalue weighted by Crippen LogP contribution is -2.61. The maximum Gasteiger partial charge on any atom is 0.413 e. The quantitative estimate of drug-likeness (QED) is 0.175. The average Bonchev–Trinajstić information content (AvgIpc) is 3.22. The van der Waals surface area contributed by atoms with E-state index in [4.69, 9.17) is 4.74 Å². The first-order chi connectivity index (χ1) is 20.1. The number of fused-ring (bicyclic) bond motifs is 1. The summed E-state index contributed by atoms with van der Waals surface area (Å²) in [6, 6.07) is 2.25. The van der Waals surface area contributed by atoms with Crippen molar-refractivity contribution in [2.75, 3.05) is 6.54 Å². The number of nitro groups is 1. The number of aliphatic hydroxyl groups excluding tert-OH is 1.